The number of nitrogens with zero attached hydrogens (tertiary/aromatic N) is 2. The highest BCUT2D eigenvalue weighted by Gasteiger charge is 2.22. The zero-order valence-electron chi connectivity index (χ0n) is 6.84. The van der Waals surface area contributed by atoms with Crippen molar-refractivity contribution in [2.24, 2.45) is 5.73 Å². The van der Waals surface area contributed by atoms with Crippen LogP contribution in [0.5, 0.6) is 0 Å². The number of primary amides is 1. The maximum absolute atomic E-state index is 10.8. The Kier molecular flexibility index (Phi) is 2.13. The summed E-state index contributed by atoms with van der Waals surface area (Å²) in [6.45, 7) is 0. The summed E-state index contributed by atoms with van der Waals surface area (Å²) in [7, 11) is 0. The first-order chi connectivity index (χ1) is 6.27. The SMILES string of the molecule is NC(=O)c1ccnn1OC1CSC1. The van der Waals surface area contributed by atoms with E-state index in [4.69, 9.17) is 10.6 Å². The van der Waals surface area contributed by atoms with Gasteiger partial charge in [-0.05, 0) is 6.07 Å². The average Bonchev–Trinajstić information content (AvgIpc) is 2.44. The molecule has 5 nitrogen and oxygen atoms in total. The second-order valence-corrected chi connectivity index (χ2v) is 3.79. The van der Waals surface area contributed by atoms with E-state index in [9.17, 15) is 4.79 Å². The molecule has 1 fully saturated rings. The van der Waals surface area contributed by atoms with E-state index in [1.807, 2.05) is 0 Å². The maximum atomic E-state index is 10.8. The summed E-state index contributed by atoms with van der Waals surface area (Å²) in [6, 6.07) is 1.54. The standard InChI is InChI=1S/C7H9N3O2S/c8-7(11)6-1-2-9-10(6)12-5-3-13-4-5/h1-2,5H,3-4H2,(H2,8,11). The predicted molar refractivity (Wildman–Crippen MR) is 48.4 cm³/mol. The first kappa shape index (κ1) is 8.43. The Morgan fingerprint density at radius 3 is 3.08 bits per heavy atom. The number of carbonyl (C=O) groups excluding carboxylic acids is 1. The summed E-state index contributed by atoms with van der Waals surface area (Å²) in [5.41, 5.74) is 5.40. The molecule has 0 radical (unpaired) electrons. The molecule has 0 spiro atoms. The summed E-state index contributed by atoms with van der Waals surface area (Å²) in [5.74, 6) is 1.36. The van der Waals surface area contributed by atoms with Crippen molar-refractivity contribution >= 4 is 17.7 Å². The van der Waals surface area contributed by atoms with Gasteiger partial charge in [-0.3, -0.25) is 4.79 Å². The Labute approximate surface area is 79.2 Å². The summed E-state index contributed by atoms with van der Waals surface area (Å²) in [5, 5.41) is 3.84. The second kappa shape index (κ2) is 3.29. The average molecular weight is 199 g/mol. The van der Waals surface area contributed by atoms with Gasteiger partial charge in [0.2, 0.25) is 0 Å². The molecule has 0 bridgehead atoms. The number of hydrogen-bond acceptors (Lipinski definition) is 4. The van der Waals surface area contributed by atoms with Crippen LogP contribution in [-0.4, -0.2) is 33.5 Å². The van der Waals surface area contributed by atoms with Gasteiger partial charge in [0.05, 0.1) is 6.20 Å². The highest BCUT2D eigenvalue weighted by molar-refractivity contribution is 8.00. The molecule has 1 aliphatic rings. The van der Waals surface area contributed by atoms with E-state index < -0.39 is 5.91 Å². The lowest BCUT2D eigenvalue weighted by Crippen LogP contribution is -2.38. The van der Waals surface area contributed by atoms with Crippen molar-refractivity contribution < 1.29 is 9.63 Å². The van der Waals surface area contributed by atoms with Crippen LogP contribution in [0.3, 0.4) is 0 Å². The number of nitrogens with two attached hydrogens (primary N) is 1. The van der Waals surface area contributed by atoms with Crippen LogP contribution in [0.4, 0.5) is 0 Å². The quantitative estimate of drug-likeness (QED) is 0.714. The third-order valence-electron chi connectivity index (χ3n) is 1.72. The van der Waals surface area contributed by atoms with Gasteiger partial charge in [0.15, 0.2) is 5.69 Å². The molecule has 2 N–H and O–H groups in total. The fraction of sp³-hybridized carbons (Fsp3) is 0.429. The first-order valence-corrected chi connectivity index (χ1v) is 5.01. The topological polar surface area (TPSA) is 70.1 Å². The minimum absolute atomic E-state index is 0.156. The Morgan fingerprint density at radius 2 is 2.54 bits per heavy atom. The molecule has 0 saturated carbocycles. The number of amides is 1. The lowest BCUT2D eigenvalue weighted by molar-refractivity contribution is 0.0300. The molecule has 1 amide bonds. The van der Waals surface area contributed by atoms with E-state index >= 15 is 0 Å². The minimum Gasteiger partial charge on any atom is -0.391 e. The fourth-order valence-corrected chi connectivity index (χ4v) is 1.52. The van der Waals surface area contributed by atoms with Crippen LogP contribution in [0.25, 0.3) is 0 Å². The van der Waals surface area contributed by atoms with Gasteiger partial charge in [-0.2, -0.15) is 11.8 Å². The predicted octanol–water partition coefficient (Wildman–Crippen LogP) is -0.474. The van der Waals surface area contributed by atoms with Crippen LogP contribution < -0.4 is 10.6 Å². The molecule has 1 saturated heterocycles. The van der Waals surface area contributed by atoms with Gasteiger partial charge in [-0.15, -0.1) is 5.10 Å². The van der Waals surface area contributed by atoms with Crippen LogP contribution in [-0.2, 0) is 0 Å². The maximum Gasteiger partial charge on any atom is 0.270 e. The Bertz CT molecular complexity index is 321. The molecule has 6 heteroatoms. The van der Waals surface area contributed by atoms with Crippen LogP contribution in [0.2, 0.25) is 0 Å². The summed E-state index contributed by atoms with van der Waals surface area (Å²) >= 11 is 1.80. The lowest BCUT2D eigenvalue weighted by atomic mass is 10.4. The largest absolute Gasteiger partial charge is 0.391 e. The summed E-state index contributed by atoms with van der Waals surface area (Å²) in [4.78, 5) is 17.4. The van der Waals surface area contributed by atoms with Crippen molar-refractivity contribution in [2.45, 2.75) is 6.10 Å². The molecule has 0 aromatic carbocycles. The highest BCUT2D eigenvalue weighted by atomic mass is 32.2. The molecule has 0 unspecified atom stereocenters. The van der Waals surface area contributed by atoms with Crippen molar-refractivity contribution in [1.82, 2.24) is 9.94 Å². The molecule has 70 valence electrons. The smallest absolute Gasteiger partial charge is 0.270 e. The monoisotopic (exact) mass is 199 g/mol. The van der Waals surface area contributed by atoms with Crippen molar-refractivity contribution in [3.05, 3.63) is 18.0 Å². The minimum atomic E-state index is -0.524. The summed E-state index contributed by atoms with van der Waals surface area (Å²) in [6.07, 6.45) is 1.65. The third-order valence-corrected chi connectivity index (χ3v) is 2.93. The normalized spacial score (nSPS) is 16.6. The highest BCUT2D eigenvalue weighted by Crippen LogP contribution is 2.18. The number of carbonyl (C=O) groups is 1. The number of hydrogen-bond donors (Lipinski definition) is 1. The van der Waals surface area contributed by atoms with E-state index in [1.165, 1.54) is 17.1 Å². The molecule has 0 aliphatic carbocycles. The van der Waals surface area contributed by atoms with Gasteiger partial charge >= 0.3 is 0 Å². The molecule has 0 atom stereocenters. The lowest BCUT2D eigenvalue weighted by Gasteiger charge is -2.25. The van der Waals surface area contributed by atoms with Gasteiger partial charge in [0.25, 0.3) is 5.91 Å². The van der Waals surface area contributed by atoms with Crippen molar-refractivity contribution in [1.29, 1.82) is 0 Å². The van der Waals surface area contributed by atoms with E-state index in [2.05, 4.69) is 5.10 Å². The number of aromatic nitrogens is 2. The Balaban J connectivity index is 2.09. The zero-order chi connectivity index (χ0) is 9.26. The molecule has 1 aliphatic heterocycles. The molecule has 1 aromatic rings. The number of thioether (sulfide) groups is 1. The summed E-state index contributed by atoms with van der Waals surface area (Å²) < 4.78 is 0. The van der Waals surface area contributed by atoms with E-state index in [0.717, 1.165) is 11.5 Å². The zero-order valence-corrected chi connectivity index (χ0v) is 7.66. The molecule has 2 heterocycles. The van der Waals surface area contributed by atoms with Gasteiger partial charge in [-0.25, -0.2) is 0 Å². The second-order valence-electron chi connectivity index (χ2n) is 2.72. The van der Waals surface area contributed by atoms with Crippen LogP contribution in [0.15, 0.2) is 12.3 Å². The van der Waals surface area contributed by atoms with E-state index in [-0.39, 0.29) is 11.8 Å². The van der Waals surface area contributed by atoms with Crippen molar-refractivity contribution in [3.63, 3.8) is 0 Å². The van der Waals surface area contributed by atoms with Crippen LogP contribution >= 0.6 is 11.8 Å². The molecule has 13 heavy (non-hydrogen) atoms. The van der Waals surface area contributed by atoms with Gasteiger partial charge in [0.1, 0.15) is 6.10 Å². The van der Waals surface area contributed by atoms with Gasteiger partial charge < -0.3 is 10.6 Å². The molecule has 2 rings (SSSR count). The van der Waals surface area contributed by atoms with Gasteiger partial charge in [0, 0.05) is 11.5 Å². The van der Waals surface area contributed by atoms with E-state index in [1.54, 1.807) is 11.8 Å². The molecular formula is C7H9N3O2S. The van der Waals surface area contributed by atoms with E-state index in [0.29, 0.717) is 0 Å². The van der Waals surface area contributed by atoms with Gasteiger partial charge in [-0.1, -0.05) is 4.85 Å². The first-order valence-electron chi connectivity index (χ1n) is 3.86. The Hall–Kier alpha value is -1.17. The Morgan fingerprint density at radius 1 is 1.77 bits per heavy atom. The fourth-order valence-electron chi connectivity index (χ4n) is 0.967. The van der Waals surface area contributed by atoms with Crippen LogP contribution in [0.1, 0.15) is 10.5 Å². The molecular weight excluding hydrogens is 190 g/mol. The van der Waals surface area contributed by atoms with Crippen LogP contribution in [0, 0.1) is 0 Å². The van der Waals surface area contributed by atoms with Crippen molar-refractivity contribution in [3.8, 4) is 0 Å². The van der Waals surface area contributed by atoms with Crippen molar-refractivity contribution in [2.75, 3.05) is 11.5 Å². The number of rotatable bonds is 3. The third kappa shape index (κ3) is 1.62. The molecule has 1 aromatic heterocycles.